The van der Waals surface area contributed by atoms with Crippen molar-refractivity contribution in [2.75, 3.05) is 19.7 Å². The topological polar surface area (TPSA) is 45.7 Å². The predicted octanol–water partition coefficient (Wildman–Crippen LogP) is 3.34. The van der Waals surface area contributed by atoms with Crippen LogP contribution < -0.4 is 15.4 Å². The van der Waals surface area contributed by atoms with E-state index in [4.69, 9.17) is 4.74 Å². The van der Waals surface area contributed by atoms with Gasteiger partial charge in [0.2, 0.25) is 0 Å². The zero-order valence-electron chi connectivity index (χ0n) is 14.1. The van der Waals surface area contributed by atoms with Crippen molar-refractivity contribution in [3.8, 4) is 5.75 Å². The van der Waals surface area contributed by atoms with E-state index >= 15 is 0 Å². The van der Waals surface area contributed by atoms with E-state index in [2.05, 4.69) is 43.3 Å². The molecule has 0 radical (unpaired) electrons. The Morgan fingerprint density at radius 3 is 2.45 bits per heavy atom. The molecule has 0 unspecified atom stereocenters. The number of halogens is 1. The first-order chi connectivity index (χ1) is 10.4. The van der Waals surface area contributed by atoms with E-state index in [0.29, 0.717) is 12.4 Å². The number of aliphatic imine (C=N–C) groups is 1. The highest BCUT2D eigenvalue weighted by molar-refractivity contribution is 5.80. The lowest BCUT2D eigenvalue weighted by Gasteiger charge is -2.23. The summed E-state index contributed by atoms with van der Waals surface area (Å²) in [7, 11) is 0. The Morgan fingerprint density at radius 2 is 1.86 bits per heavy atom. The first-order valence-electron chi connectivity index (χ1n) is 7.85. The molecule has 5 heteroatoms. The molecule has 2 N–H and O–H groups in total. The molecule has 1 aromatic rings. The van der Waals surface area contributed by atoms with Crippen molar-refractivity contribution >= 4 is 5.96 Å². The number of nitrogens with zero attached hydrogens (tertiary/aromatic N) is 1. The molecule has 1 rings (SSSR count). The Hall–Kier alpha value is -1.78. The maximum absolute atomic E-state index is 12.7. The molecule has 0 atom stereocenters. The van der Waals surface area contributed by atoms with Gasteiger partial charge in [-0.1, -0.05) is 0 Å². The van der Waals surface area contributed by atoms with Crippen LogP contribution in [0.4, 0.5) is 4.39 Å². The van der Waals surface area contributed by atoms with Crippen molar-refractivity contribution in [1.82, 2.24) is 10.6 Å². The van der Waals surface area contributed by atoms with E-state index < -0.39 is 0 Å². The van der Waals surface area contributed by atoms with Crippen molar-refractivity contribution in [3.63, 3.8) is 0 Å². The molecule has 0 saturated heterocycles. The third-order valence-corrected chi connectivity index (χ3v) is 2.74. The third kappa shape index (κ3) is 8.49. The van der Waals surface area contributed by atoms with Crippen molar-refractivity contribution < 1.29 is 9.13 Å². The average Bonchev–Trinajstić information content (AvgIpc) is 2.43. The number of nitrogens with one attached hydrogen (secondary N) is 2. The summed E-state index contributed by atoms with van der Waals surface area (Å²) in [5.74, 6) is 1.30. The van der Waals surface area contributed by atoms with Crippen LogP contribution in [-0.4, -0.2) is 31.2 Å². The molecule has 1 aromatic carbocycles. The zero-order valence-corrected chi connectivity index (χ0v) is 14.1. The van der Waals surface area contributed by atoms with Gasteiger partial charge in [-0.25, -0.2) is 4.39 Å². The number of ether oxygens (including phenoxy) is 1. The second-order valence-corrected chi connectivity index (χ2v) is 6.15. The molecule has 0 aromatic heterocycles. The fourth-order valence-corrected chi connectivity index (χ4v) is 1.79. The molecule has 0 aliphatic heterocycles. The number of rotatable bonds is 7. The van der Waals surface area contributed by atoms with E-state index in [-0.39, 0.29) is 11.4 Å². The summed E-state index contributed by atoms with van der Waals surface area (Å²) in [5, 5.41) is 6.58. The molecule has 0 bridgehead atoms. The van der Waals surface area contributed by atoms with Gasteiger partial charge in [0.15, 0.2) is 5.96 Å². The minimum absolute atomic E-state index is 0.00724. The number of guanidine groups is 1. The minimum Gasteiger partial charge on any atom is -0.494 e. The molecule has 124 valence electrons. The average molecular weight is 309 g/mol. The summed E-state index contributed by atoms with van der Waals surface area (Å²) in [4.78, 5) is 4.54. The summed E-state index contributed by atoms with van der Waals surface area (Å²) in [6.45, 7) is 10.6. The SMILES string of the molecule is CCNC(=NCCCCOc1ccc(F)cc1)NC(C)(C)C. The van der Waals surface area contributed by atoms with Crippen molar-refractivity contribution in [1.29, 1.82) is 0 Å². The van der Waals surface area contributed by atoms with E-state index in [1.165, 1.54) is 12.1 Å². The van der Waals surface area contributed by atoms with E-state index in [1.807, 2.05) is 0 Å². The highest BCUT2D eigenvalue weighted by atomic mass is 19.1. The van der Waals surface area contributed by atoms with Crippen molar-refractivity contribution in [2.45, 2.75) is 46.1 Å². The summed E-state index contributed by atoms with van der Waals surface area (Å²) in [6, 6.07) is 6.09. The van der Waals surface area contributed by atoms with Gasteiger partial charge in [0, 0.05) is 18.6 Å². The molecule has 0 spiro atoms. The fraction of sp³-hybridized carbons (Fsp3) is 0.588. The first kappa shape index (κ1) is 18.3. The number of benzene rings is 1. The molecule has 4 nitrogen and oxygen atoms in total. The Labute approximate surface area is 133 Å². The predicted molar refractivity (Wildman–Crippen MR) is 90.0 cm³/mol. The summed E-state index contributed by atoms with van der Waals surface area (Å²) in [5.41, 5.74) is -0.00724. The largest absolute Gasteiger partial charge is 0.494 e. The fourth-order valence-electron chi connectivity index (χ4n) is 1.79. The maximum Gasteiger partial charge on any atom is 0.191 e. The van der Waals surface area contributed by atoms with E-state index in [0.717, 1.165) is 31.9 Å². The molecular weight excluding hydrogens is 281 g/mol. The van der Waals surface area contributed by atoms with Crippen LogP contribution in [0.15, 0.2) is 29.3 Å². The maximum atomic E-state index is 12.7. The van der Waals surface area contributed by atoms with Gasteiger partial charge in [-0.3, -0.25) is 4.99 Å². The highest BCUT2D eigenvalue weighted by Gasteiger charge is 2.11. The van der Waals surface area contributed by atoms with Gasteiger partial charge in [-0.15, -0.1) is 0 Å². The van der Waals surface area contributed by atoms with Crippen LogP contribution in [0.3, 0.4) is 0 Å². The Balaban J connectivity index is 2.24. The van der Waals surface area contributed by atoms with Gasteiger partial charge in [0.1, 0.15) is 11.6 Å². The van der Waals surface area contributed by atoms with Crippen molar-refractivity contribution in [2.24, 2.45) is 4.99 Å². The summed E-state index contributed by atoms with van der Waals surface area (Å²) in [6.07, 6.45) is 1.86. The van der Waals surface area contributed by atoms with Crippen molar-refractivity contribution in [3.05, 3.63) is 30.1 Å². The lowest BCUT2D eigenvalue weighted by molar-refractivity contribution is 0.307. The standard InChI is InChI=1S/C17H28FN3O/c1-5-19-16(21-17(2,3)4)20-12-6-7-13-22-15-10-8-14(18)9-11-15/h8-11H,5-7,12-13H2,1-4H3,(H2,19,20,21). The van der Waals surface area contributed by atoms with Crippen LogP contribution in [0.2, 0.25) is 0 Å². The molecule has 0 saturated carbocycles. The minimum atomic E-state index is -0.246. The normalized spacial score (nSPS) is 12.1. The van der Waals surface area contributed by atoms with Gasteiger partial charge < -0.3 is 15.4 Å². The van der Waals surface area contributed by atoms with Crippen LogP contribution in [0.25, 0.3) is 0 Å². The first-order valence-corrected chi connectivity index (χ1v) is 7.85. The van der Waals surface area contributed by atoms with Crippen LogP contribution in [0.5, 0.6) is 5.75 Å². The molecule has 0 fully saturated rings. The Kier molecular flexibility index (Phi) is 7.71. The molecular formula is C17H28FN3O. The van der Waals surface area contributed by atoms with Crippen LogP contribution in [0.1, 0.15) is 40.5 Å². The van der Waals surface area contributed by atoms with Gasteiger partial charge in [0.25, 0.3) is 0 Å². The highest BCUT2D eigenvalue weighted by Crippen LogP contribution is 2.11. The van der Waals surface area contributed by atoms with Gasteiger partial charge in [-0.2, -0.15) is 0 Å². The number of unbranched alkanes of at least 4 members (excludes halogenated alkanes) is 1. The number of hydrogen-bond acceptors (Lipinski definition) is 2. The summed E-state index contributed by atoms with van der Waals surface area (Å²) >= 11 is 0. The Morgan fingerprint density at radius 1 is 1.18 bits per heavy atom. The van der Waals surface area contributed by atoms with Crippen LogP contribution in [0, 0.1) is 5.82 Å². The van der Waals surface area contributed by atoms with E-state index in [1.54, 1.807) is 12.1 Å². The monoisotopic (exact) mass is 309 g/mol. The number of hydrogen-bond donors (Lipinski definition) is 2. The lowest BCUT2D eigenvalue weighted by Crippen LogP contribution is -2.47. The molecule has 0 aliphatic rings. The Bertz CT molecular complexity index is 452. The zero-order chi connectivity index (χ0) is 16.4. The van der Waals surface area contributed by atoms with Crippen LogP contribution >= 0.6 is 0 Å². The molecule has 0 heterocycles. The van der Waals surface area contributed by atoms with Gasteiger partial charge in [0.05, 0.1) is 6.61 Å². The quantitative estimate of drug-likeness (QED) is 0.461. The lowest BCUT2D eigenvalue weighted by atomic mass is 10.1. The van der Waals surface area contributed by atoms with Gasteiger partial charge in [-0.05, 0) is 64.8 Å². The molecule has 0 amide bonds. The van der Waals surface area contributed by atoms with E-state index in [9.17, 15) is 4.39 Å². The second kappa shape index (κ2) is 9.28. The third-order valence-electron chi connectivity index (χ3n) is 2.74. The molecule has 22 heavy (non-hydrogen) atoms. The summed E-state index contributed by atoms with van der Waals surface area (Å²) < 4.78 is 18.3. The smallest absolute Gasteiger partial charge is 0.191 e. The molecule has 0 aliphatic carbocycles. The second-order valence-electron chi connectivity index (χ2n) is 6.15. The van der Waals surface area contributed by atoms with Crippen LogP contribution in [-0.2, 0) is 0 Å². The van der Waals surface area contributed by atoms with Gasteiger partial charge >= 0.3 is 0 Å².